The standard InChI is InChI=1S/C36H36N6O8S/c1-5-50-36(47)32(18-22(2)3)42(34(44)25-8-10-26(11-9-25)39-40-27-12-15-33(43)29(19-27)35(45)46)51(48,49)28-13-6-24(7-14-28)21-41-23(4)38-30-20-37-17-16-31(30)41/h6-17,19-20,22,32,43H,5,18,21H2,1-4H3,(H,45,46)/t32-/m0/s1. The number of imidazole rings is 1. The van der Waals surface area contributed by atoms with Gasteiger partial charge >= 0.3 is 11.9 Å². The van der Waals surface area contributed by atoms with Crippen molar-refractivity contribution in [3.05, 3.63) is 108 Å². The Morgan fingerprint density at radius 3 is 2.27 bits per heavy atom. The lowest BCUT2D eigenvalue weighted by molar-refractivity contribution is -0.147. The number of aryl methyl sites for hydroxylation is 1. The van der Waals surface area contributed by atoms with Crippen molar-refractivity contribution in [1.82, 2.24) is 18.8 Å². The minimum Gasteiger partial charge on any atom is -0.507 e. The molecule has 0 saturated carbocycles. The summed E-state index contributed by atoms with van der Waals surface area (Å²) in [7, 11) is -4.60. The third kappa shape index (κ3) is 8.10. The molecule has 0 spiro atoms. The summed E-state index contributed by atoms with van der Waals surface area (Å²) in [6, 6.07) is 15.8. The lowest BCUT2D eigenvalue weighted by Crippen LogP contribution is -2.49. The van der Waals surface area contributed by atoms with Crippen LogP contribution in [-0.2, 0) is 26.1 Å². The maximum Gasteiger partial charge on any atom is 0.339 e. The first-order chi connectivity index (χ1) is 24.3. The summed E-state index contributed by atoms with van der Waals surface area (Å²) in [4.78, 5) is 47.2. The van der Waals surface area contributed by atoms with E-state index in [-0.39, 0.29) is 46.3 Å². The molecule has 264 valence electrons. The highest BCUT2D eigenvalue weighted by molar-refractivity contribution is 7.89. The second-order valence-electron chi connectivity index (χ2n) is 12.0. The quantitative estimate of drug-likeness (QED) is 0.102. The number of hydrogen-bond donors (Lipinski definition) is 2. The van der Waals surface area contributed by atoms with Crippen LogP contribution in [0.25, 0.3) is 11.0 Å². The highest BCUT2D eigenvalue weighted by Crippen LogP contribution is 2.29. The average molecular weight is 713 g/mol. The Morgan fingerprint density at radius 2 is 1.63 bits per heavy atom. The second-order valence-corrected chi connectivity index (χ2v) is 13.8. The molecule has 1 atom stereocenters. The van der Waals surface area contributed by atoms with Gasteiger partial charge in [-0.25, -0.2) is 27.3 Å². The molecule has 51 heavy (non-hydrogen) atoms. The molecule has 14 nitrogen and oxygen atoms in total. The molecule has 0 unspecified atom stereocenters. The van der Waals surface area contributed by atoms with E-state index in [1.165, 1.54) is 48.5 Å². The van der Waals surface area contributed by atoms with E-state index in [0.717, 1.165) is 28.5 Å². The Balaban J connectivity index is 1.46. The van der Waals surface area contributed by atoms with Gasteiger partial charge in [0.1, 0.15) is 28.7 Å². The number of esters is 1. The summed E-state index contributed by atoms with van der Waals surface area (Å²) in [5.74, 6) is -2.97. The van der Waals surface area contributed by atoms with Gasteiger partial charge in [-0.3, -0.25) is 9.78 Å². The van der Waals surface area contributed by atoms with Gasteiger partial charge in [-0.05, 0) is 92.4 Å². The Bertz CT molecular complexity index is 2210. The van der Waals surface area contributed by atoms with E-state index < -0.39 is 39.7 Å². The van der Waals surface area contributed by atoms with Gasteiger partial charge < -0.3 is 19.5 Å². The highest BCUT2D eigenvalue weighted by Gasteiger charge is 2.41. The number of aromatic hydroxyl groups is 1. The van der Waals surface area contributed by atoms with Gasteiger partial charge in [0.15, 0.2) is 0 Å². The maximum atomic E-state index is 14.3. The molecule has 5 aromatic rings. The van der Waals surface area contributed by atoms with Crippen LogP contribution in [0.2, 0.25) is 0 Å². The van der Waals surface area contributed by atoms with E-state index in [1.54, 1.807) is 31.5 Å². The molecule has 0 saturated heterocycles. The fraction of sp³-hybridized carbons (Fsp3) is 0.250. The molecule has 0 fully saturated rings. The average Bonchev–Trinajstić information content (AvgIpc) is 3.41. The number of azo groups is 1. The smallest absolute Gasteiger partial charge is 0.339 e. The van der Waals surface area contributed by atoms with Crippen LogP contribution >= 0.6 is 0 Å². The Hall–Kier alpha value is -5.96. The number of carbonyl (C=O) groups is 3. The molecule has 0 aliphatic carbocycles. The molecule has 5 rings (SSSR count). The number of nitrogens with zero attached hydrogens (tertiary/aromatic N) is 6. The topological polar surface area (TPSA) is 194 Å². The van der Waals surface area contributed by atoms with Gasteiger partial charge in [0.25, 0.3) is 15.9 Å². The van der Waals surface area contributed by atoms with E-state index in [0.29, 0.717) is 10.8 Å². The van der Waals surface area contributed by atoms with Crippen molar-refractivity contribution in [3.8, 4) is 5.75 Å². The van der Waals surface area contributed by atoms with Crippen LogP contribution in [0, 0.1) is 12.8 Å². The van der Waals surface area contributed by atoms with Crippen molar-refractivity contribution in [3.63, 3.8) is 0 Å². The molecular weight excluding hydrogens is 676 g/mol. The highest BCUT2D eigenvalue weighted by atomic mass is 32.2. The van der Waals surface area contributed by atoms with Gasteiger partial charge in [0, 0.05) is 18.3 Å². The number of ether oxygens (including phenoxy) is 1. The molecule has 0 aliphatic heterocycles. The fourth-order valence-electron chi connectivity index (χ4n) is 5.43. The Morgan fingerprint density at radius 1 is 0.961 bits per heavy atom. The zero-order chi connectivity index (χ0) is 36.9. The van der Waals surface area contributed by atoms with Gasteiger partial charge in [-0.15, -0.1) is 0 Å². The predicted molar refractivity (Wildman–Crippen MR) is 187 cm³/mol. The molecular formula is C36H36N6O8S. The summed E-state index contributed by atoms with van der Waals surface area (Å²) >= 11 is 0. The summed E-state index contributed by atoms with van der Waals surface area (Å²) < 4.78 is 36.5. The number of aromatic carboxylic acids is 1. The van der Waals surface area contributed by atoms with Crippen LogP contribution in [0.5, 0.6) is 5.75 Å². The Kier molecular flexibility index (Phi) is 10.9. The van der Waals surface area contributed by atoms with E-state index in [1.807, 2.05) is 31.4 Å². The van der Waals surface area contributed by atoms with Crippen molar-refractivity contribution in [2.45, 2.75) is 51.6 Å². The number of fused-ring (bicyclic) bond motifs is 1. The van der Waals surface area contributed by atoms with Crippen LogP contribution in [0.4, 0.5) is 11.4 Å². The predicted octanol–water partition coefficient (Wildman–Crippen LogP) is 6.42. The van der Waals surface area contributed by atoms with Crippen molar-refractivity contribution in [2.24, 2.45) is 16.1 Å². The molecule has 0 aliphatic rings. The first-order valence-electron chi connectivity index (χ1n) is 16.0. The van der Waals surface area contributed by atoms with Crippen molar-refractivity contribution < 1.29 is 37.8 Å². The maximum absolute atomic E-state index is 14.3. The van der Waals surface area contributed by atoms with E-state index in [4.69, 9.17) is 4.74 Å². The molecule has 2 heterocycles. The summed E-state index contributed by atoms with van der Waals surface area (Å²) in [5, 5.41) is 27.0. The number of benzene rings is 3. The molecule has 15 heteroatoms. The first-order valence-corrected chi connectivity index (χ1v) is 17.4. The SMILES string of the molecule is CCOC(=O)[C@H](CC(C)C)N(C(=O)c1ccc(N=Nc2ccc(O)c(C(=O)O)c2)cc1)S(=O)(=O)c1ccc(Cn2c(C)nc3cnccc32)cc1. The molecule has 0 bridgehead atoms. The normalized spacial score (nSPS) is 12.3. The lowest BCUT2D eigenvalue weighted by atomic mass is 10.0. The van der Waals surface area contributed by atoms with Crippen molar-refractivity contribution >= 4 is 50.3 Å². The number of pyridine rings is 1. The monoisotopic (exact) mass is 712 g/mol. The van der Waals surface area contributed by atoms with Gasteiger partial charge in [-0.2, -0.15) is 10.2 Å². The zero-order valence-corrected chi connectivity index (χ0v) is 29.1. The summed E-state index contributed by atoms with van der Waals surface area (Å²) in [5.41, 5.74) is 2.44. The number of aromatic nitrogens is 3. The number of phenols is 1. The minimum absolute atomic E-state index is 0.0149. The van der Waals surface area contributed by atoms with Crippen molar-refractivity contribution in [2.75, 3.05) is 6.61 Å². The molecule has 3 aromatic carbocycles. The van der Waals surface area contributed by atoms with Crippen LogP contribution in [0.15, 0.2) is 100 Å². The third-order valence-electron chi connectivity index (χ3n) is 7.90. The number of hydrogen-bond acceptors (Lipinski definition) is 11. The molecule has 2 N–H and O–H groups in total. The largest absolute Gasteiger partial charge is 0.507 e. The first kappa shape index (κ1) is 36.3. The fourth-order valence-corrected chi connectivity index (χ4v) is 6.96. The minimum atomic E-state index is -4.60. The summed E-state index contributed by atoms with van der Waals surface area (Å²) in [6.07, 6.45) is 3.36. The molecule has 0 radical (unpaired) electrons. The van der Waals surface area contributed by atoms with Crippen LogP contribution in [0.3, 0.4) is 0 Å². The van der Waals surface area contributed by atoms with Gasteiger partial charge in [-0.1, -0.05) is 26.0 Å². The number of carboxylic acids is 1. The van der Waals surface area contributed by atoms with Crippen molar-refractivity contribution in [1.29, 1.82) is 0 Å². The molecule has 1 amide bonds. The van der Waals surface area contributed by atoms with E-state index in [2.05, 4.69) is 20.2 Å². The van der Waals surface area contributed by atoms with Gasteiger partial charge in [0.05, 0.1) is 34.6 Å². The van der Waals surface area contributed by atoms with Gasteiger partial charge in [0.2, 0.25) is 0 Å². The van der Waals surface area contributed by atoms with E-state index in [9.17, 15) is 33.0 Å². The Labute approximate surface area is 294 Å². The van der Waals surface area contributed by atoms with Crippen LogP contribution in [0.1, 0.15) is 59.3 Å². The summed E-state index contributed by atoms with van der Waals surface area (Å²) in [6.45, 7) is 7.47. The number of rotatable bonds is 13. The van der Waals surface area contributed by atoms with Crippen LogP contribution in [-0.4, -0.2) is 68.0 Å². The number of carbonyl (C=O) groups excluding carboxylic acids is 2. The third-order valence-corrected chi connectivity index (χ3v) is 9.71. The molecule has 2 aromatic heterocycles. The number of carboxylic acid groups (broad SMARTS) is 1. The number of sulfonamides is 1. The zero-order valence-electron chi connectivity index (χ0n) is 28.3. The lowest BCUT2D eigenvalue weighted by Gasteiger charge is -2.30. The second kappa shape index (κ2) is 15.3. The van der Waals surface area contributed by atoms with Crippen LogP contribution < -0.4 is 0 Å². The number of amides is 1. The van der Waals surface area contributed by atoms with E-state index >= 15 is 0 Å².